The molecule has 180 valence electrons. The molecule has 3 atom stereocenters. The number of sulfonamides is 1. The summed E-state index contributed by atoms with van der Waals surface area (Å²) in [7, 11) is -1.61. The van der Waals surface area contributed by atoms with Crippen molar-refractivity contribution in [1.82, 2.24) is 14.9 Å². The molecular formula is C23H31ClN4O4S. The minimum atomic E-state index is -3.31. The molecule has 4 aliphatic rings. The van der Waals surface area contributed by atoms with Crippen LogP contribution in [0.15, 0.2) is 12.1 Å². The molecule has 2 bridgehead atoms. The molecule has 0 aromatic heterocycles. The first kappa shape index (κ1) is 23.1. The Morgan fingerprint density at radius 3 is 2.48 bits per heavy atom. The summed E-state index contributed by atoms with van der Waals surface area (Å²) in [5.74, 6) is 0.172. The monoisotopic (exact) mass is 494 g/mol. The van der Waals surface area contributed by atoms with Gasteiger partial charge in [-0.05, 0) is 75.2 Å². The average Bonchev–Trinajstić information content (AvgIpc) is 3.21. The smallest absolute Gasteiger partial charge is 0.253 e. The molecule has 0 aliphatic carbocycles. The molecule has 3 fully saturated rings. The van der Waals surface area contributed by atoms with Gasteiger partial charge in [-0.2, -0.15) is 4.31 Å². The Bertz CT molecular complexity index is 1060. The SMILES string of the molecule is CN1C(=O)Cc2cc(C(=O)NC3C[C@H]4CC[C@@H](C3)N4S(=O)(=O)CC3CCNCC3)c(Cl)cc21. The second-order valence-corrected chi connectivity index (χ2v) is 12.2. The van der Waals surface area contributed by atoms with E-state index in [-0.39, 0.29) is 48.0 Å². The van der Waals surface area contributed by atoms with Crippen molar-refractivity contribution in [2.24, 2.45) is 5.92 Å². The van der Waals surface area contributed by atoms with Crippen molar-refractivity contribution in [3.05, 3.63) is 28.3 Å². The van der Waals surface area contributed by atoms with Gasteiger partial charge in [0.15, 0.2) is 0 Å². The van der Waals surface area contributed by atoms with Crippen LogP contribution in [0, 0.1) is 5.92 Å². The highest BCUT2D eigenvalue weighted by Crippen LogP contribution is 2.39. The van der Waals surface area contributed by atoms with E-state index < -0.39 is 10.0 Å². The number of hydrogen-bond donors (Lipinski definition) is 2. The van der Waals surface area contributed by atoms with E-state index in [9.17, 15) is 18.0 Å². The lowest BCUT2D eigenvalue weighted by Gasteiger charge is -2.39. The minimum Gasteiger partial charge on any atom is -0.349 e. The van der Waals surface area contributed by atoms with E-state index in [2.05, 4.69) is 10.6 Å². The van der Waals surface area contributed by atoms with E-state index in [1.54, 1.807) is 28.4 Å². The molecule has 0 radical (unpaired) electrons. The van der Waals surface area contributed by atoms with Crippen molar-refractivity contribution in [3.63, 3.8) is 0 Å². The number of likely N-dealkylation sites (N-methyl/N-ethyl adjacent to an activating group) is 1. The second kappa shape index (κ2) is 8.83. The minimum absolute atomic E-state index is 0.0201. The van der Waals surface area contributed by atoms with Gasteiger partial charge >= 0.3 is 0 Å². The molecule has 4 aliphatic heterocycles. The largest absolute Gasteiger partial charge is 0.349 e. The zero-order valence-electron chi connectivity index (χ0n) is 18.8. The molecule has 0 saturated carbocycles. The van der Waals surface area contributed by atoms with Crippen molar-refractivity contribution in [1.29, 1.82) is 0 Å². The van der Waals surface area contributed by atoms with Crippen LogP contribution in [0.3, 0.4) is 0 Å². The third-order valence-electron chi connectivity index (χ3n) is 7.72. The first-order chi connectivity index (χ1) is 15.7. The van der Waals surface area contributed by atoms with Crippen LogP contribution in [-0.4, -0.2) is 68.6 Å². The highest BCUT2D eigenvalue weighted by atomic mass is 35.5. The van der Waals surface area contributed by atoms with Crippen LogP contribution in [0.4, 0.5) is 5.69 Å². The van der Waals surface area contributed by atoms with Gasteiger partial charge in [-0.3, -0.25) is 9.59 Å². The number of carbonyl (C=O) groups is 2. The van der Waals surface area contributed by atoms with Gasteiger partial charge in [0.1, 0.15) is 0 Å². The number of nitrogens with zero attached hydrogens (tertiary/aromatic N) is 2. The van der Waals surface area contributed by atoms with Gasteiger partial charge in [-0.15, -0.1) is 0 Å². The van der Waals surface area contributed by atoms with Crippen LogP contribution in [0.25, 0.3) is 0 Å². The molecular weight excluding hydrogens is 464 g/mol. The Kier molecular flexibility index (Phi) is 6.18. The summed E-state index contributed by atoms with van der Waals surface area (Å²) in [5, 5.41) is 6.70. The van der Waals surface area contributed by atoms with E-state index in [1.165, 1.54) is 0 Å². The maximum absolute atomic E-state index is 13.2. The number of anilines is 1. The molecule has 33 heavy (non-hydrogen) atoms. The van der Waals surface area contributed by atoms with E-state index in [0.717, 1.165) is 50.0 Å². The molecule has 0 spiro atoms. The number of carbonyl (C=O) groups excluding carboxylic acids is 2. The molecule has 2 N–H and O–H groups in total. The Morgan fingerprint density at radius 2 is 1.82 bits per heavy atom. The zero-order valence-corrected chi connectivity index (χ0v) is 20.4. The van der Waals surface area contributed by atoms with Crippen LogP contribution >= 0.6 is 11.6 Å². The first-order valence-corrected chi connectivity index (χ1v) is 13.8. The summed E-state index contributed by atoms with van der Waals surface area (Å²) in [4.78, 5) is 26.6. The van der Waals surface area contributed by atoms with Gasteiger partial charge < -0.3 is 15.5 Å². The van der Waals surface area contributed by atoms with Gasteiger partial charge in [0.2, 0.25) is 15.9 Å². The quantitative estimate of drug-likeness (QED) is 0.651. The number of rotatable bonds is 5. The third-order valence-corrected chi connectivity index (χ3v) is 10.2. The van der Waals surface area contributed by atoms with Crippen molar-refractivity contribution >= 4 is 39.1 Å². The van der Waals surface area contributed by atoms with Crippen LogP contribution in [0.5, 0.6) is 0 Å². The lowest BCUT2D eigenvalue weighted by Crippen LogP contribution is -2.53. The number of hydrogen-bond acceptors (Lipinski definition) is 5. The Balaban J connectivity index is 1.25. The van der Waals surface area contributed by atoms with Crippen molar-refractivity contribution in [3.8, 4) is 0 Å². The van der Waals surface area contributed by atoms with Crippen LogP contribution in [0.2, 0.25) is 5.02 Å². The molecule has 8 nitrogen and oxygen atoms in total. The van der Waals surface area contributed by atoms with E-state index in [4.69, 9.17) is 11.6 Å². The number of piperidine rings is 2. The standard InChI is InChI=1S/C23H31ClN4O4S/c1-27-21-12-20(24)19(8-15(21)9-22(27)29)23(30)26-16-10-17-2-3-18(11-16)28(17)33(31,32)13-14-4-6-25-7-5-14/h8,12,14,16-18,25H,2-7,9-11,13H2,1H3,(H,26,30)/t16?,17-,18+. The molecule has 5 rings (SSSR count). The number of fused-ring (bicyclic) bond motifs is 3. The van der Waals surface area contributed by atoms with Gasteiger partial charge in [0.05, 0.1) is 22.8 Å². The summed E-state index contributed by atoms with van der Waals surface area (Å²) in [6, 6.07) is 3.19. The maximum Gasteiger partial charge on any atom is 0.253 e. The fourth-order valence-electron chi connectivity index (χ4n) is 6.05. The molecule has 2 amide bonds. The lowest BCUT2D eigenvalue weighted by molar-refractivity contribution is -0.117. The molecule has 10 heteroatoms. The summed E-state index contributed by atoms with van der Waals surface area (Å²) in [6.45, 7) is 1.77. The number of nitrogens with one attached hydrogen (secondary N) is 2. The fraction of sp³-hybridized carbons (Fsp3) is 0.652. The molecule has 1 aromatic rings. The second-order valence-electron chi connectivity index (χ2n) is 9.92. The van der Waals surface area contributed by atoms with Gasteiger partial charge in [-0.25, -0.2) is 8.42 Å². The van der Waals surface area contributed by atoms with E-state index in [1.807, 2.05) is 0 Å². The van der Waals surface area contributed by atoms with Crippen molar-refractivity contribution in [2.45, 2.75) is 63.1 Å². The predicted molar refractivity (Wildman–Crippen MR) is 127 cm³/mol. The maximum atomic E-state index is 13.2. The third kappa shape index (κ3) is 4.40. The van der Waals surface area contributed by atoms with Gasteiger partial charge in [0.25, 0.3) is 5.91 Å². The highest BCUT2D eigenvalue weighted by molar-refractivity contribution is 7.89. The zero-order chi connectivity index (χ0) is 23.3. The Labute approximate surface area is 200 Å². The van der Waals surface area contributed by atoms with Crippen LogP contribution < -0.4 is 15.5 Å². The van der Waals surface area contributed by atoms with Crippen molar-refractivity contribution in [2.75, 3.05) is 30.8 Å². The summed E-state index contributed by atoms with van der Waals surface area (Å²) >= 11 is 6.39. The summed E-state index contributed by atoms with van der Waals surface area (Å²) in [5.41, 5.74) is 1.91. The molecule has 1 aromatic carbocycles. The normalized spacial score (nSPS) is 28.2. The molecule has 1 unspecified atom stereocenters. The average molecular weight is 495 g/mol. The fourth-order valence-corrected chi connectivity index (χ4v) is 8.69. The van der Waals surface area contributed by atoms with E-state index >= 15 is 0 Å². The predicted octanol–water partition coefficient (Wildman–Crippen LogP) is 1.91. The lowest BCUT2D eigenvalue weighted by atomic mass is 9.99. The number of benzene rings is 1. The Morgan fingerprint density at radius 1 is 1.15 bits per heavy atom. The Hall–Kier alpha value is -1.68. The number of halogens is 1. The van der Waals surface area contributed by atoms with Gasteiger partial charge in [-0.1, -0.05) is 11.6 Å². The molecule has 3 saturated heterocycles. The van der Waals surface area contributed by atoms with Crippen LogP contribution in [0.1, 0.15) is 54.4 Å². The number of amides is 2. The van der Waals surface area contributed by atoms with Gasteiger partial charge in [0, 0.05) is 30.9 Å². The van der Waals surface area contributed by atoms with Crippen molar-refractivity contribution < 1.29 is 18.0 Å². The summed E-state index contributed by atoms with van der Waals surface area (Å²) < 4.78 is 28.2. The topological polar surface area (TPSA) is 98.8 Å². The first-order valence-electron chi connectivity index (χ1n) is 11.8. The highest BCUT2D eigenvalue weighted by Gasteiger charge is 2.47. The summed E-state index contributed by atoms with van der Waals surface area (Å²) in [6.07, 6.45) is 5.01. The van der Waals surface area contributed by atoms with E-state index in [0.29, 0.717) is 23.4 Å². The van der Waals surface area contributed by atoms with Crippen LogP contribution in [-0.2, 0) is 21.2 Å². The molecule has 4 heterocycles.